The minimum absolute atomic E-state index is 0.903. The number of rotatable bonds is 8. The molecular formula is C17H27N3S. The molecule has 4 heteroatoms. The third kappa shape index (κ3) is 4.17. The summed E-state index contributed by atoms with van der Waals surface area (Å²) in [6.07, 6.45) is 3.38. The summed E-state index contributed by atoms with van der Waals surface area (Å²) < 4.78 is 2.16. The molecule has 0 aromatic carbocycles. The van der Waals surface area contributed by atoms with Crippen LogP contribution in [-0.2, 0) is 19.4 Å². The van der Waals surface area contributed by atoms with Crippen molar-refractivity contribution < 1.29 is 0 Å². The molecule has 0 aliphatic heterocycles. The Hall–Kier alpha value is -1.13. The van der Waals surface area contributed by atoms with Crippen LogP contribution in [0.5, 0.6) is 0 Å². The van der Waals surface area contributed by atoms with Crippen molar-refractivity contribution in [3.05, 3.63) is 38.8 Å². The Morgan fingerprint density at radius 2 is 1.90 bits per heavy atom. The molecule has 0 amide bonds. The fourth-order valence-electron chi connectivity index (χ4n) is 2.61. The van der Waals surface area contributed by atoms with Crippen LogP contribution >= 0.6 is 11.3 Å². The highest BCUT2D eigenvalue weighted by molar-refractivity contribution is 7.11. The third-order valence-corrected chi connectivity index (χ3v) is 5.10. The van der Waals surface area contributed by atoms with Crippen LogP contribution in [0.2, 0.25) is 0 Å². The molecule has 116 valence electrons. The van der Waals surface area contributed by atoms with Gasteiger partial charge >= 0.3 is 0 Å². The molecule has 0 aliphatic carbocycles. The van der Waals surface area contributed by atoms with E-state index in [9.17, 15) is 0 Å². The van der Waals surface area contributed by atoms with Crippen molar-refractivity contribution >= 4 is 11.3 Å². The van der Waals surface area contributed by atoms with Crippen LogP contribution in [0, 0.1) is 13.8 Å². The van der Waals surface area contributed by atoms with Gasteiger partial charge in [0.05, 0.1) is 12.2 Å². The highest BCUT2D eigenvalue weighted by Crippen LogP contribution is 2.20. The summed E-state index contributed by atoms with van der Waals surface area (Å²) in [6.45, 7) is 11.8. The van der Waals surface area contributed by atoms with Crippen molar-refractivity contribution in [2.45, 2.75) is 53.5 Å². The van der Waals surface area contributed by atoms with Gasteiger partial charge in [-0.05, 0) is 63.9 Å². The van der Waals surface area contributed by atoms with Crippen molar-refractivity contribution in [1.29, 1.82) is 0 Å². The van der Waals surface area contributed by atoms with Gasteiger partial charge in [-0.1, -0.05) is 13.8 Å². The van der Waals surface area contributed by atoms with Gasteiger partial charge in [0, 0.05) is 15.4 Å². The normalized spacial score (nSPS) is 11.2. The lowest BCUT2D eigenvalue weighted by Crippen LogP contribution is -2.18. The summed E-state index contributed by atoms with van der Waals surface area (Å²) in [5.74, 6) is 0. The fraction of sp³-hybridized carbons (Fsp3) is 0.588. The van der Waals surface area contributed by atoms with Crippen LogP contribution in [0.3, 0.4) is 0 Å². The molecule has 0 saturated heterocycles. The molecule has 2 aromatic rings. The molecule has 2 heterocycles. The van der Waals surface area contributed by atoms with Gasteiger partial charge in [-0.3, -0.25) is 4.68 Å². The maximum Gasteiger partial charge on any atom is 0.0755 e. The van der Waals surface area contributed by atoms with E-state index in [-0.39, 0.29) is 0 Å². The van der Waals surface area contributed by atoms with Gasteiger partial charge in [0.2, 0.25) is 0 Å². The molecule has 0 bridgehead atoms. The maximum atomic E-state index is 4.73. The number of aryl methyl sites for hydroxylation is 2. The Morgan fingerprint density at radius 1 is 1.14 bits per heavy atom. The standard InChI is InChI=1S/C17H27N3S/c1-5-10-18-11-9-17-13(3)19-20(14(17)4)12-16-8-7-15(6-2)21-16/h7-8,18H,5-6,9-12H2,1-4H3. The van der Waals surface area contributed by atoms with Gasteiger partial charge < -0.3 is 5.32 Å². The van der Waals surface area contributed by atoms with E-state index in [1.807, 2.05) is 11.3 Å². The van der Waals surface area contributed by atoms with Crippen molar-refractivity contribution in [2.24, 2.45) is 0 Å². The average Bonchev–Trinajstić information content (AvgIpc) is 3.03. The van der Waals surface area contributed by atoms with Gasteiger partial charge in [0.15, 0.2) is 0 Å². The monoisotopic (exact) mass is 305 g/mol. The van der Waals surface area contributed by atoms with Gasteiger partial charge in [-0.2, -0.15) is 5.10 Å². The zero-order valence-electron chi connectivity index (χ0n) is 13.7. The van der Waals surface area contributed by atoms with Crippen molar-refractivity contribution in [2.75, 3.05) is 13.1 Å². The van der Waals surface area contributed by atoms with Gasteiger partial charge in [-0.25, -0.2) is 0 Å². The zero-order chi connectivity index (χ0) is 15.2. The molecule has 21 heavy (non-hydrogen) atoms. The number of nitrogens with zero attached hydrogens (tertiary/aromatic N) is 2. The molecule has 0 spiro atoms. The third-order valence-electron chi connectivity index (χ3n) is 3.88. The van der Waals surface area contributed by atoms with E-state index in [4.69, 9.17) is 5.10 Å². The van der Waals surface area contributed by atoms with E-state index in [2.05, 4.69) is 49.8 Å². The first-order chi connectivity index (χ1) is 10.2. The van der Waals surface area contributed by atoms with E-state index in [0.717, 1.165) is 32.5 Å². The predicted octanol–water partition coefficient (Wildman–Crippen LogP) is 3.71. The molecule has 0 radical (unpaired) electrons. The predicted molar refractivity (Wildman–Crippen MR) is 91.4 cm³/mol. The largest absolute Gasteiger partial charge is 0.316 e. The Balaban J connectivity index is 2.03. The SMILES string of the molecule is CCCNCCc1c(C)nn(Cc2ccc(CC)s2)c1C. The van der Waals surface area contributed by atoms with Crippen LogP contribution in [0.1, 0.15) is 47.0 Å². The van der Waals surface area contributed by atoms with Crippen molar-refractivity contribution in [3.8, 4) is 0 Å². The molecule has 0 fully saturated rings. The number of aromatic nitrogens is 2. The number of thiophene rings is 1. The fourth-order valence-corrected chi connectivity index (χ4v) is 3.55. The Bertz CT molecular complexity index is 569. The Morgan fingerprint density at radius 3 is 2.57 bits per heavy atom. The van der Waals surface area contributed by atoms with E-state index < -0.39 is 0 Å². The van der Waals surface area contributed by atoms with Crippen LogP contribution in [0.15, 0.2) is 12.1 Å². The van der Waals surface area contributed by atoms with Crippen LogP contribution in [-0.4, -0.2) is 22.9 Å². The molecule has 0 atom stereocenters. The number of nitrogens with one attached hydrogen (secondary N) is 1. The average molecular weight is 305 g/mol. The quantitative estimate of drug-likeness (QED) is 0.753. The highest BCUT2D eigenvalue weighted by Gasteiger charge is 2.12. The van der Waals surface area contributed by atoms with Crippen LogP contribution in [0.25, 0.3) is 0 Å². The molecule has 0 saturated carbocycles. The smallest absolute Gasteiger partial charge is 0.0755 e. The van der Waals surface area contributed by atoms with Crippen LogP contribution in [0.4, 0.5) is 0 Å². The molecular weight excluding hydrogens is 278 g/mol. The maximum absolute atomic E-state index is 4.73. The second kappa shape index (κ2) is 7.76. The summed E-state index contributed by atoms with van der Waals surface area (Å²) in [4.78, 5) is 2.85. The van der Waals surface area contributed by atoms with E-state index in [0.29, 0.717) is 0 Å². The lowest BCUT2D eigenvalue weighted by molar-refractivity contribution is 0.657. The lowest BCUT2D eigenvalue weighted by Gasteiger charge is -2.05. The van der Waals surface area contributed by atoms with E-state index >= 15 is 0 Å². The zero-order valence-corrected chi connectivity index (χ0v) is 14.5. The molecule has 3 nitrogen and oxygen atoms in total. The molecule has 1 N–H and O–H groups in total. The van der Waals surface area contributed by atoms with Gasteiger partial charge in [0.1, 0.15) is 0 Å². The number of hydrogen-bond donors (Lipinski definition) is 1. The van der Waals surface area contributed by atoms with Crippen molar-refractivity contribution in [3.63, 3.8) is 0 Å². The molecule has 2 rings (SSSR count). The van der Waals surface area contributed by atoms with E-state index in [1.165, 1.54) is 33.1 Å². The summed E-state index contributed by atoms with van der Waals surface area (Å²) in [7, 11) is 0. The minimum Gasteiger partial charge on any atom is -0.316 e. The first-order valence-electron chi connectivity index (χ1n) is 7.96. The van der Waals surface area contributed by atoms with Gasteiger partial charge in [-0.15, -0.1) is 11.3 Å². The van der Waals surface area contributed by atoms with Crippen LogP contribution < -0.4 is 5.32 Å². The molecule has 0 aliphatic rings. The summed E-state index contributed by atoms with van der Waals surface area (Å²) in [6, 6.07) is 4.48. The first kappa shape index (κ1) is 16.2. The first-order valence-corrected chi connectivity index (χ1v) is 8.78. The molecule has 0 unspecified atom stereocenters. The van der Waals surface area contributed by atoms with Gasteiger partial charge in [0.25, 0.3) is 0 Å². The second-order valence-corrected chi connectivity index (χ2v) is 6.78. The number of hydrogen-bond acceptors (Lipinski definition) is 3. The Labute approximate surface area is 132 Å². The lowest BCUT2D eigenvalue weighted by atomic mass is 10.1. The van der Waals surface area contributed by atoms with E-state index in [1.54, 1.807) is 0 Å². The Kier molecular flexibility index (Phi) is 6.00. The molecule has 2 aromatic heterocycles. The summed E-state index contributed by atoms with van der Waals surface area (Å²) >= 11 is 1.90. The minimum atomic E-state index is 0.903. The summed E-state index contributed by atoms with van der Waals surface area (Å²) in [5, 5.41) is 8.21. The summed E-state index contributed by atoms with van der Waals surface area (Å²) in [5.41, 5.74) is 3.90. The second-order valence-electron chi connectivity index (χ2n) is 5.53. The van der Waals surface area contributed by atoms with Crippen molar-refractivity contribution in [1.82, 2.24) is 15.1 Å². The topological polar surface area (TPSA) is 29.9 Å². The highest BCUT2D eigenvalue weighted by atomic mass is 32.1.